The molecule has 4 N–H and O–H groups in total. The molecule has 0 aliphatic carbocycles. The number of carbonyl (C=O) groups excluding carboxylic acids is 7. The van der Waals surface area contributed by atoms with Crippen LogP contribution in [0.4, 0.5) is 0 Å². The zero-order valence-electron chi connectivity index (χ0n) is 51.0. The van der Waals surface area contributed by atoms with Crippen LogP contribution in [0.15, 0.2) is 182 Å². The van der Waals surface area contributed by atoms with Crippen LogP contribution in [-0.4, -0.2) is 144 Å². The minimum atomic E-state index is -0.727. The zero-order chi connectivity index (χ0) is 62.1. The Kier molecular flexibility index (Phi) is 22.7. The Hall–Kier alpha value is -8.51. The number of hydroxylamine groups is 2. The highest BCUT2D eigenvalue weighted by molar-refractivity contribution is 5.93. The van der Waals surface area contributed by atoms with E-state index in [4.69, 9.17) is 5.73 Å². The average molecular weight is 1170 g/mol. The summed E-state index contributed by atoms with van der Waals surface area (Å²) in [6, 6.07) is 52.7. The van der Waals surface area contributed by atoms with Crippen molar-refractivity contribution in [3.63, 3.8) is 0 Å². The smallest absolute Gasteiger partial charge is 0.243 e. The van der Waals surface area contributed by atoms with Crippen molar-refractivity contribution >= 4 is 41.4 Å². The molecule has 1 fully saturated rings. The van der Waals surface area contributed by atoms with Crippen LogP contribution < -0.4 is 11.1 Å². The van der Waals surface area contributed by atoms with Gasteiger partial charge >= 0.3 is 0 Å². The van der Waals surface area contributed by atoms with Crippen molar-refractivity contribution in [2.75, 3.05) is 45.8 Å². The van der Waals surface area contributed by atoms with Gasteiger partial charge in [0.15, 0.2) is 0 Å². The number of nitrogens with one attached hydrogen (secondary N) is 1. The zero-order valence-corrected chi connectivity index (χ0v) is 51.0. The van der Waals surface area contributed by atoms with Crippen molar-refractivity contribution in [1.29, 1.82) is 0 Å². The maximum atomic E-state index is 15.5. The number of benzene rings is 6. The van der Waals surface area contributed by atoms with E-state index >= 15 is 19.2 Å². The molecule has 86 heavy (non-hydrogen) atoms. The Balaban J connectivity index is 1.20. The minimum absolute atomic E-state index is 0.000547. The van der Waals surface area contributed by atoms with Crippen LogP contribution in [0.25, 0.3) is 0 Å². The van der Waals surface area contributed by atoms with Crippen molar-refractivity contribution in [3.05, 3.63) is 215 Å². The van der Waals surface area contributed by atoms with Gasteiger partial charge in [0.25, 0.3) is 0 Å². The molecule has 1 heterocycles. The van der Waals surface area contributed by atoms with Crippen molar-refractivity contribution in [1.82, 2.24) is 39.8 Å². The number of nitrogens with zero attached hydrogens (tertiary/aromatic N) is 7. The average Bonchev–Trinajstić information content (AvgIpc) is 1.47. The fraction of sp³-hybridized carbons (Fsp3) is 0.377. The maximum absolute atomic E-state index is 15.5. The van der Waals surface area contributed by atoms with Gasteiger partial charge in [-0.3, -0.25) is 33.6 Å². The van der Waals surface area contributed by atoms with Crippen molar-refractivity contribution in [3.8, 4) is 0 Å². The van der Waals surface area contributed by atoms with Crippen molar-refractivity contribution in [2.24, 2.45) is 5.73 Å². The third-order valence-corrected chi connectivity index (χ3v) is 16.5. The molecule has 6 aromatic carbocycles. The van der Waals surface area contributed by atoms with E-state index < -0.39 is 103 Å². The molecule has 1 saturated heterocycles. The number of primary amides is 1. The van der Waals surface area contributed by atoms with E-state index in [9.17, 15) is 19.6 Å². The largest absolute Gasteiger partial charge is 0.368 e. The summed E-state index contributed by atoms with van der Waals surface area (Å²) in [7, 11) is 0. The Bertz CT molecular complexity index is 3180. The summed E-state index contributed by atoms with van der Waals surface area (Å²) in [5.74, 6) is -3.80. The summed E-state index contributed by atoms with van der Waals surface area (Å²) in [6.45, 7) is 12.3. The molecule has 0 bridgehead atoms. The Morgan fingerprint density at radius 3 is 1.01 bits per heavy atom. The van der Waals surface area contributed by atoms with Gasteiger partial charge in [0.1, 0.15) is 32.7 Å². The van der Waals surface area contributed by atoms with Gasteiger partial charge in [-0.1, -0.05) is 182 Å². The summed E-state index contributed by atoms with van der Waals surface area (Å²) in [5, 5.41) is 15.9. The van der Waals surface area contributed by atoms with E-state index in [-0.39, 0.29) is 38.1 Å². The molecular weight excluding hydrogens is 1080 g/mol. The highest BCUT2D eigenvalue weighted by Crippen LogP contribution is 2.37. The number of hydrogen-bond acceptors (Lipinski definition) is 10. The van der Waals surface area contributed by atoms with E-state index in [0.29, 0.717) is 24.0 Å². The molecule has 4 atom stereocenters. The topological polar surface area (TPSA) is 200 Å². The second-order valence-corrected chi connectivity index (χ2v) is 23.8. The van der Waals surface area contributed by atoms with Crippen LogP contribution in [-0.2, 0) is 46.7 Å². The summed E-state index contributed by atoms with van der Waals surface area (Å²) >= 11 is 0. The molecule has 7 amide bonds. The van der Waals surface area contributed by atoms with Gasteiger partial charge in [-0.2, -0.15) is 5.06 Å². The molecule has 17 heteroatoms. The molecule has 0 spiro atoms. The van der Waals surface area contributed by atoms with E-state index in [1.807, 2.05) is 224 Å². The highest BCUT2D eigenvalue weighted by atomic mass is 16.5. The molecule has 0 aromatic heterocycles. The molecule has 0 radical (unpaired) electrons. The van der Waals surface area contributed by atoms with Crippen molar-refractivity contribution < 1.29 is 38.8 Å². The van der Waals surface area contributed by atoms with Crippen LogP contribution in [0.1, 0.15) is 126 Å². The first kappa shape index (κ1) is 65.0. The van der Waals surface area contributed by atoms with Gasteiger partial charge in [0.05, 0.1) is 37.3 Å². The van der Waals surface area contributed by atoms with E-state index in [1.165, 1.54) is 34.5 Å². The summed E-state index contributed by atoms with van der Waals surface area (Å²) in [5.41, 5.74) is 9.02. The quantitative estimate of drug-likeness (QED) is 0.0448. The van der Waals surface area contributed by atoms with Gasteiger partial charge in [-0.15, -0.1) is 0 Å². The van der Waals surface area contributed by atoms with Crippen LogP contribution in [0.3, 0.4) is 0 Å². The number of piperidine rings is 1. The molecule has 0 saturated carbocycles. The highest BCUT2D eigenvalue weighted by Gasteiger charge is 2.45. The second-order valence-electron chi connectivity index (χ2n) is 23.8. The molecule has 1 aliphatic heterocycles. The predicted molar refractivity (Wildman–Crippen MR) is 332 cm³/mol. The first-order chi connectivity index (χ1) is 41.0. The number of hydrogen-bond donors (Lipinski definition) is 3. The lowest BCUT2D eigenvalue weighted by Gasteiger charge is -2.51. The van der Waals surface area contributed by atoms with Gasteiger partial charge in [-0.25, -0.2) is 0 Å². The summed E-state index contributed by atoms with van der Waals surface area (Å²) in [4.78, 5) is 112. The lowest BCUT2D eigenvalue weighted by Crippen LogP contribution is -2.63. The number of rotatable bonds is 27. The normalized spacial score (nSPS) is 15.2. The first-order valence-corrected chi connectivity index (χ1v) is 29.5. The molecule has 0 unspecified atom stereocenters. The van der Waals surface area contributed by atoms with Crippen LogP contribution >= 0.6 is 0 Å². The van der Waals surface area contributed by atoms with Gasteiger partial charge in [-0.05, 0) is 102 Å². The SMILES string of the molecule is C[C@H](c1ccccc1)N(CC(N)=O)C(=O)CN(Cc1ccccc1)C(=O)CN(C(=O)CN(C(=O)CN(Cc1ccccc1)C(=O)CN(C(=O)CNC1CC(C)(C)N(O)C(C)(C)C1)[C@H](C)c1ccccc1)[C@H](C)c1ccccc1)[C@H](C)c1ccccc1. The van der Waals surface area contributed by atoms with E-state index in [1.54, 1.807) is 13.8 Å². The first-order valence-electron chi connectivity index (χ1n) is 29.5. The van der Waals surface area contributed by atoms with E-state index in [2.05, 4.69) is 5.32 Å². The predicted octanol–water partition coefficient (Wildman–Crippen LogP) is 8.89. The monoisotopic (exact) mass is 1170 g/mol. The second kappa shape index (κ2) is 30.0. The van der Waals surface area contributed by atoms with Crippen molar-refractivity contribution in [2.45, 2.75) is 123 Å². The molecule has 17 nitrogen and oxygen atoms in total. The Morgan fingerprint density at radius 1 is 0.430 bits per heavy atom. The van der Waals surface area contributed by atoms with Gasteiger partial charge in [0, 0.05) is 30.2 Å². The minimum Gasteiger partial charge on any atom is -0.368 e. The number of amides is 7. The summed E-state index contributed by atoms with van der Waals surface area (Å²) < 4.78 is 0. The fourth-order valence-electron chi connectivity index (χ4n) is 11.6. The third-order valence-electron chi connectivity index (χ3n) is 16.5. The van der Waals surface area contributed by atoms with Crippen LogP contribution in [0.2, 0.25) is 0 Å². The van der Waals surface area contributed by atoms with Gasteiger partial charge < -0.3 is 45.7 Å². The van der Waals surface area contributed by atoms with Crippen LogP contribution in [0.5, 0.6) is 0 Å². The standard InChI is InChI=1S/C69H85N9O8/c1-50(56-31-19-11-20-32-56)74(44-61(70)79)65(83)45-72(42-54-27-15-9-16-28-54)64(82)48-76(52(3)58-35-23-13-24-36-58)67(85)49-77(53(4)59-37-25-14-26-38-59)66(84)46-73(43-55-29-17-10-18-30-55)63(81)47-75(51(2)57-33-21-12-22-34-57)62(80)41-71-60-39-68(5,6)78(86)69(7,8)40-60/h9-38,50-53,60,71,86H,39-49H2,1-8H3,(H2,70,79)/t50-,51-,52-,53-/m1/s1. The number of nitrogens with two attached hydrogens (primary N) is 1. The molecule has 6 aromatic rings. The van der Waals surface area contributed by atoms with Gasteiger partial charge in [0.2, 0.25) is 41.4 Å². The summed E-state index contributed by atoms with van der Waals surface area (Å²) in [6.07, 6.45) is 1.14. The molecule has 1 aliphatic rings. The third kappa shape index (κ3) is 17.6. The molecule has 454 valence electrons. The lowest BCUT2D eigenvalue weighted by atomic mass is 9.79. The lowest BCUT2D eigenvalue weighted by molar-refractivity contribution is -0.246. The maximum Gasteiger partial charge on any atom is 0.243 e. The molecule has 7 rings (SSSR count). The van der Waals surface area contributed by atoms with Crippen LogP contribution in [0, 0.1) is 0 Å². The fourth-order valence-corrected chi connectivity index (χ4v) is 11.6. The van der Waals surface area contributed by atoms with E-state index in [0.717, 1.165) is 22.3 Å². The molecular formula is C69H85N9O8. The Labute approximate surface area is 507 Å². The Morgan fingerprint density at radius 2 is 0.698 bits per heavy atom. The number of carbonyl (C=O) groups is 7.